The molecule has 0 N–H and O–H groups in total. The fourth-order valence-corrected chi connectivity index (χ4v) is 3.91. The zero-order chi connectivity index (χ0) is 25.3. The SMILES string of the molecule is COc1ccc(C(=O)N2CCN(C(=O)COc3ccc(OCc4ccccc4)cc3)CC2)c(OC)c1. The molecule has 36 heavy (non-hydrogen) atoms. The number of benzene rings is 3. The Bertz CT molecular complexity index is 1160. The Balaban J connectivity index is 1.23. The lowest BCUT2D eigenvalue weighted by Crippen LogP contribution is -2.51. The van der Waals surface area contributed by atoms with Gasteiger partial charge in [-0.25, -0.2) is 0 Å². The van der Waals surface area contributed by atoms with Crippen LogP contribution in [0, 0.1) is 0 Å². The smallest absolute Gasteiger partial charge is 0.260 e. The molecule has 0 aliphatic carbocycles. The standard InChI is InChI=1S/C28H30N2O6/c1-33-24-12-13-25(26(18-24)34-2)28(32)30-16-14-29(15-17-30)27(31)20-36-23-10-8-22(9-11-23)35-19-21-6-4-3-5-7-21/h3-13,18H,14-17,19-20H2,1-2H3. The maximum atomic E-state index is 13.0. The monoisotopic (exact) mass is 490 g/mol. The Kier molecular flexibility index (Phi) is 8.28. The lowest BCUT2D eigenvalue weighted by atomic mass is 10.1. The average molecular weight is 491 g/mol. The molecule has 2 amide bonds. The Labute approximate surface area is 210 Å². The van der Waals surface area contributed by atoms with Crippen molar-refractivity contribution in [3.8, 4) is 23.0 Å². The van der Waals surface area contributed by atoms with Gasteiger partial charge in [-0.05, 0) is 42.0 Å². The number of rotatable bonds is 9. The third kappa shape index (κ3) is 6.27. The Morgan fingerprint density at radius 1 is 0.722 bits per heavy atom. The summed E-state index contributed by atoms with van der Waals surface area (Å²) in [5, 5.41) is 0. The van der Waals surface area contributed by atoms with Crippen molar-refractivity contribution in [2.75, 3.05) is 47.0 Å². The van der Waals surface area contributed by atoms with Crippen LogP contribution in [0.5, 0.6) is 23.0 Å². The minimum atomic E-state index is -0.132. The number of nitrogens with zero attached hydrogens (tertiary/aromatic N) is 2. The van der Waals surface area contributed by atoms with E-state index in [9.17, 15) is 9.59 Å². The first-order valence-corrected chi connectivity index (χ1v) is 11.8. The van der Waals surface area contributed by atoms with E-state index in [0.717, 1.165) is 11.3 Å². The van der Waals surface area contributed by atoms with Gasteiger partial charge in [0, 0.05) is 32.2 Å². The third-order valence-corrected chi connectivity index (χ3v) is 5.99. The Hall–Kier alpha value is -4.20. The minimum Gasteiger partial charge on any atom is -0.497 e. The van der Waals surface area contributed by atoms with Crippen molar-refractivity contribution in [3.63, 3.8) is 0 Å². The summed E-state index contributed by atoms with van der Waals surface area (Å²) in [6.45, 7) is 2.18. The Morgan fingerprint density at radius 2 is 1.33 bits per heavy atom. The summed E-state index contributed by atoms with van der Waals surface area (Å²) in [6.07, 6.45) is 0. The van der Waals surface area contributed by atoms with Gasteiger partial charge < -0.3 is 28.7 Å². The molecule has 0 bridgehead atoms. The van der Waals surface area contributed by atoms with Crippen molar-refractivity contribution >= 4 is 11.8 Å². The Morgan fingerprint density at radius 3 is 1.97 bits per heavy atom. The van der Waals surface area contributed by atoms with Crippen LogP contribution in [0.3, 0.4) is 0 Å². The van der Waals surface area contributed by atoms with Gasteiger partial charge in [0.05, 0.1) is 19.8 Å². The number of ether oxygens (including phenoxy) is 4. The fraction of sp³-hybridized carbons (Fsp3) is 0.286. The summed E-state index contributed by atoms with van der Waals surface area (Å²) < 4.78 is 22.0. The van der Waals surface area contributed by atoms with Crippen LogP contribution in [0.1, 0.15) is 15.9 Å². The molecule has 188 valence electrons. The zero-order valence-corrected chi connectivity index (χ0v) is 20.5. The number of hydrogen-bond donors (Lipinski definition) is 0. The lowest BCUT2D eigenvalue weighted by Gasteiger charge is -2.35. The molecule has 0 aromatic heterocycles. The van der Waals surface area contributed by atoms with Crippen molar-refractivity contribution in [2.24, 2.45) is 0 Å². The largest absolute Gasteiger partial charge is 0.497 e. The van der Waals surface area contributed by atoms with Crippen LogP contribution < -0.4 is 18.9 Å². The van der Waals surface area contributed by atoms with Crippen LogP contribution in [0.2, 0.25) is 0 Å². The summed E-state index contributed by atoms with van der Waals surface area (Å²) >= 11 is 0. The molecule has 1 aliphatic rings. The lowest BCUT2D eigenvalue weighted by molar-refractivity contribution is -0.134. The summed E-state index contributed by atoms with van der Waals surface area (Å²) in [5.41, 5.74) is 1.56. The van der Waals surface area contributed by atoms with E-state index < -0.39 is 0 Å². The van der Waals surface area contributed by atoms with Crippen LogP contribution in [0.15, 0.2) is 72.8 Å². The molecule has 8 heteroatoms. The first kappa shape index (κ1) is 24.9. The molecule has 0 atom stereocenters. The highest BCUT2D eigenvalue weighted by molar-refractivity contribution is 5.97. The molecular formula is C28H30N2O6. The topological polar surface area (TPSA) is 77.5 Å². The zero-order valence-electron chi connectivity index (χ0n) is 20.5. The number of hydrogen-bond acceptors (Lipinski definition) is 6. The van der Waals surface area contributed by atoms with E-state index in [1.807, 2.05) is 42.5 Å². The van der Waals surface area contributed by atoms with Crippen LogP contribution in [0.25, 0.3) is 0 Å². The van der Waals surface area contributed by atoms with Gasteiger partial charge in [-0.1, -0.05) is 30.3 Å². The van der Waals surface area contributed by atoms with Gasteiger partial charge in [-0.2, -0.15) is 0 Å². The highest BCUT2D eigenvalue weighted by atomic mass is 16.5. The quantitative estimate of drug-likeness (QED) is 0.456. The molecule has 3 aromatic rings. The predicted molar refractivity (Wildman–Crippen MR) is 135 cm³/mol. The third-order valence-electron chi connectivity index (χ3n) is 5.99. The molecule has 0 radical (unpaired) electrons. The van der Waals surface area contributed by atoms with Crippen LogP contribution in [-0.4, -0.2) is 68.6 Å². The summed E-state index contributed by atoms with van der Waals surface area (Å²) in [6, 6.07) is 22.3. The van der Waals surface area contributed by atoms with E-state index >= 15 is 0 Å². The molecule has 1 saturated heterocycles. The molecule has 0 unspecified atom stereocenters. The molecule has 0 saturated carbocycles. The maximum Gasteiger partial charge on any atom is 0.260 e. The first-order chi connectivity index (χ1) is 17.6. The van der Waals surface area contributed by atoms with Gasteiger partial charge in [0.15, 0.2) is 6.61 Å². The second kappa shape index (κ2) is 12.0. The number of carbonyl (C=O) groups is 2. The van der Waals surface area contributed by atoms with Gasteiger partial charge in [0.2, 0.25) is 0 Å². The van der Waals surface area contributed by atoms with Crippen LogP contribution >= 0.6 is 0 Å². The van der Waals surface area contributed by atoms with E-state index in [4.69, 9.17) is 18.9 Å². The molecule has 4 rings (SSSR count). The maximum absolute atomic E-state index is 13.0. The van der Waals surface area contributed by atoms with E-state index in [1.165, 1.54) is 7.11 Å². The average Bonchev–Trinajstić information content (AvgIpc) is 2.95. The second-order valence-electron chi connectivity index (χ2n) is 8.27. The van der Waals surface area contributed by atoms with Gasteiger partial charge in [-0.3, -0.25) is 9.59 Å². The van der Waals surface area contributed by atoms with Gasteiger partial charge in [0.25, 0.3) is 11.8 Å². The van der Waals surface area contributed by atoms with Crippen molar-refractivity contribution in [1.29, 1.82) is 0 Å². The highest BCUT2D eigenvalue weighted by Crippen LogP contribution is 2.26. The molecule has 1 heterocycles. The normalized spacial score (nSPS) is 13.2. The van der Waals surface area contributed by atoms with Crippen molar-refractivity contribution in [2.45, 2.75) is 6.61 Å². The van der Waals surface area contributed by atoms with E-state index in [2.05, 4.69) is 0 Å². The minimum absolute atomic E-state index is 0.0650. The van der Waals surface area contributed by atoms with Crippen LogP contribution in [0.4, 0.5) is 0 Å². The molecule has 1 fully saturated rings. The fourth-order valence-electron chi connectivity index (χ4n) is 3.91. The summed E-state index contributed by atoms with van der Waals surface area (Å²) in [5.74, 6) is 2.15. The molecule has 1 aliphatic heterocycles. The predicted octanol–water partition coefficient (Wildman–Crippen LogP) is 3.65. The van der Waals surface area contributed by atoms with Crippen molar-refractivity contribution < 1.29 is 28.5 Å². The first-order valence-electron chi connectivity index (χ1n) is 11.8. The number of piperazine rings is 1. The number of amides is 2. The summed E-state index contributed by atoms with van der Waals surface area (Å²) in [7, 11) is 3.08. The summed E-state index contributed by atoms with van der Waals surface area (Å²) in [4.78, 5) is 29.1. The molecule has 0 spiro atoms. The van der Waals surface area contributed by atoms with E-state index in [1.54, 1.807) is 47.2 Å². The van der Waals surface area contributed by atoms with Gasteiger partial charge >= 0.3 is 0 Å². The van der Waals surface area contributed by atoms with Crippen molar-refractivity contribution in [3.05, 3.63) is 83.9 Å². The highest BCUT2D eigenvalue weighted by Gasteiger charge is 2.26. The number of carbonyl (C=O) groups excluding carboxylic acids is 2. The molecular weight excluding hydrogens is 460 g/mol. The van der Waals surface area contributed by atoms with Crippen molar-refractivity contribution in [1.82, 2.24) is 9.80 Å². The van der Waals surface area contributed by atoms with E-state index in [-0.39, 0.29) is 18.4 Å². The van der Waals surface area contributed by atoms with E-state index in [0.29, 0.717) is 55.6 Å². The van der Waals surface area contributed by atoms with Crippen LogP contribution in [-0.2, 0) is 11.4 Å². The van der Waals surface area contributed by atoms with Gasteiger partial charge in [0.1, 0.15) is 29.6 Å². The molecule has 3 aromatic carbocycles. The molecule has 8 nitrogen and oxygen atoms in total. The number of methoxy groups -OCH3 is 2. The van der Waals surface area contributed by atoms with Gasteiger partial charge in [-0.15, -0.1) is 0 Å². The second-order valence-corrected chi connectivity index (χ2v) is 8.27.